The first-order valence-corrected chi connectivity index (χ1v) is 7.71. The zero-order valence-corrected chi connectivity index (χ0v) is 14.8. The molecule has 0 saturated carbocycles. The Kier molecular flexibility index (Phi) is 5.50. The molecule has 2 rings (SSSR count). The summed E-state index contributed by atoms with van der Waals surface area (Å²) in [6, 6.07) is 10.0. The number of anilines is 1. The largest absolute Gasteiger partial charge is 0.508 e. The molecule has 0 atom stereocenters. The molecule has 5 nitrogen and oxygen atoms in total. The molecule has 0 aliphatic heterocycles. The van der Waals surface area contributed by atoms with Gasteiger partial charge in [0.25, 0.3) is 0 Å². The summed E-state index contributed by atoms with van der Waals surface area (Å²) in [5, 5.41) is 9.32. The third-order valence-electron chi connectivity index (χ3n) is 3.51. The summed E-state index contributed by atoms with van der Waals surface area (Å²) >= 11 is 3.46. The Morgan fingerprint density at radius 3 is 2.26 bits per heavy atom. The smallest absolute Gasteiger partial charge is 0.231 e. The number of phenols is 1. The molecule has 0 unspecified atom stereocenters. The van der Waals surface area contributed by atoms with Crippen LogP contribution in [0.2, 0.25) is 0 Å². The van der Waals surface area contributed by atoms with Gasteiger partial charge >= 0.3 is 0 Å². The molecule has 0 spiro atoms. The Hall–Kier alpha value is -2.21. The van der Waals surface area contributed by atoms with E-state index < -0.39 is 0 Å². The number of likely N-dealkylation sites (N-methyl/N-ethyl adjacent to an activating group) is 1. The van der Waals surface area contributed by atoms with Crippen LogP contribution < -0.4 is 14.4 Å². The number of halogens is 1. The number of benzene rings is 2. The molecule has 0 radical (unpaired) electrons. The van der Waals surface area contributed by atoms with Gasteiger partial charge in [-0.15, -0.1) is 0 Å². The minimum Gasteiger partial charge on any atom is -0.508 e. The van der Waals surface area contributed by atoms with Gasteiger partial charge in [-0.3, -0.25) is 4.79 Å². The number of nitrogens with zero attached hydrogens (tertiary/aromatic N) is 1. The second kappa shape index (κ2) is 7.37. The Balaban J connectivity index is 2.21. The van der Waals surface area contributed by atoms with E-state index in [2.05, 4.69) is 15.9 Å². The minimum absolute atomic E-state index is 0.0800. The van der Waals surface area contributed by atoms with Crippen LogP contribution in [0.25, 0.3) is 0 Å². The molecule has 0 fully saturated rings. The van der Waals surface area contributed by atoms with Crippen molar-refractivity contribution in [2.75, 3.05) is 26.2 Å². The highest BCUT2D eigenvalue weighted by atomic mass is 79.9. The van der Waals surface area contributed by atoms with Crippen molar-refractivity contribution in [3.05, 3.63) is 46.4 Å². The van der Waals surface area contributed by atoms with Crippen LogP contribution in [0.5, 0.6) is 17.2 Å². The zero-order valence-electron chi connectivity index (χ0n) is 13.2. The molecular formula is C17H18BrNO4. The normalized spacial score (nSPS) is 10.3. The molecular weight excluding hydrogens is 362 g/mol. The van der Waals surface area contributed by atoms with E-state index in [4.69, 9.17) is 9.47 Å². The lowest BCUT2D eigenvalue weighted by atomic mass is 10.1. The van der Waals surface area contributed by atoms with Gasteiger partial charge in [0.15, 0.2) is 11.5 Å². The molecule has 0 saturated heterocycles. The van der Waals surface area contributed by atoms with Crippen molar-refractivity contribution in [2.24, 2.45) is 0 Å². The van der Waals surface area contributed by atoms with Crippen molar-refractivity contribution in [1.29, 1.82) is 0 Å². The van der Waals surface area contributed by atoms with Gasteiger partial charge in [0.1, 0.15) is 5.75 Å². The SMILES string of the molecule is COc1cc(Br)c(CC(=O)N(C)c2ccc(O)cc2)cc1OC. The molecule has 0 aromatic heterocycles. The average molecular weight is 380 g/mol. The first kappa shape index (κ1) is 17.1. The summed E-state index contributed by atoms with van der Waals surface area (Å²) < 4.78 is 11.3. The number of ether oxygens (including phenoxy) is 2. The summed E-state index contributed by atoms with van der Waals surface area (Å²) in [6.45, 7) is 0. The quantitative estimate of drug-likeness (QED) is 0.864. The van der Waals surface area contributed by atoms with Crippen molar-refractivity contribution >= 4 is 27.5 Å². The van der Waals surface area contributed by atoms with Crippen molar-refractivity contribution in [3.63, 3.8) is 0 Å². The highest BCUT2D eigenvalue weighted by Gasteiger charge is 2.16. The van der Waals surface area contributed by atoms with Crippen LogP contribution in [0, 0.1) is 0 Å². The van der Waals surface area contributed by atoms with Crippen molar-refractivity contribution in [1.82, 2.24) is 0 Å². The summed E-state index contributed by atoms with van der Waals surface area (Å²) in [5.74, 6) is 1.26. The number of methoxy groups -OCH3 is 2. The summed E-state index contributed by atoms with van der Waals surface area (Å²) in [5.41, 5.74) is 1.52. The van der Waals surface area contributed by atoms with Crippen molar-refractivity contribution in [2.45, 2.75) is 6.42 Å². The summed E-state index contributed by atoms with van der Waals surface area (Å²) in [4.78, 5) is 14.0. The van der Waals surface area contributed by atoms with E-state index in [-0.39, 0.29) is 18.1 Å². The lowest BCUT2D eigenvalue weighted by Gasteiger charge is -2.18. The predicted octanol–water partition coefficient (Wildman–Crippen LogP) is 3.38. The zero-order chi connectivity index (χ0) is 17.0. The van der Waals surface area contributed by atoms with Gasteiger partial charge in [0.05, 0.1) is 20.6 Å². The standard InChI is InChI=1S/C17H18BrNO4/c1-19(12-4-6-13(20)7-5-12)17(21)9-11-8-15(22-2)16(23-3)10-14(11)18/h4-8,10,20H,9H2,1-3H3. The number of rotatable bonds is 5. The number of aromatic hydroxyl groups is 1. The van der Waals surface area contributed by atoms with E-state index in [1.54, 1.807) is 62.6 Å². The molecule has 23 heavy (non-hydrogen) atoms. The van der Waals surface area contributed by atoms with Crippen LogP contribution in [0.15, 0.2) is 40.9 Å². The van der Waals surface area contributed by atoms with Crippen LogP contribution in [-0.4, -0.2) is 32.3 Å². The lowest BCUT2D eigenvalue weighted by Crippen LogP contribution is -2.27. The van der Waals surface area contributed by atoms with E-state index in [0.29, 0.717) is 17.2 Å². The molecule has 2 aromatic carbocycles. The Morgan fingerprint density at radius 2 is 1.70 bits per heavy atom. The number of hydrogen-bond donors (Lipinski definition) is 1. The highest BCUT2D eigenvalue weighted by molar-refractivity contribution is 9.10. The van der Waals surface area contributed by atoms with Gasteiger partial charge in [-0.05, 0) is 42.0 Å². The van der Waals surface area contributed by atoms with Gasteiger partial charge in [0.2, 0.25) is 5.91 Å². The van der Waals surface area contributed by atoms with Gasteiger partial charge in [-0.25, -0.2) is 0 Å². The first-order chi connectivity index (χ1) is 11.0. The second-order valence-electron chi connectivity index (χ2n) is 4.94. The summed E-state index contributed by atoms with van der Waals surface area (Å²) in [7, 11) is 4.82. The maximum atomic E-state index is 12.5. The number of carbonyl (C=O) groups is 1. The monoisotopic (exact) mass is 379 g/mol. The second-order valence-corrected chi connectivity index (χ2v) is 5.80. The maximum Gasteiger partial charge on any atom is 0.231 e. The lowest BCUT2D eigenvalue weighted by molar-refractivity contribution is -0.117. The van der Waals surface area contributed by atoms with Crippen LogP contribution in [0.1, 0.15) is 5.56 Å². The van der Waals surface area contributed by atoms with Gasteiger partial charge in [0, 0.05) is 17.2 Å². The Labute approximate surface area is 143 Å². The van der Waals surface area contributed by atoms with E-state index in [1.807, 2.05) is 0 Å². The predicted molar refractivity (Wildman–Crippen MR) is 92.5 cm³/mol. The molecule has 122 valence electrons. The molecule has 2 aromatic rings. The van der Waals surface area contributed by atoms with Crippen LogP contribution in [0.3, 0.4) is 0 Å². The molecule has 0 aliphatic rings. The van der Waals surface area contributed by atoms with Crippen LogP contribution in [-0.2, 0) is 11.2 Å². The maximum absolute atomic E-state index is 12.5. The highest BCUT2D eigenvalue weighted by Crippen LogP contribution is 2.33. The van der Waals surface area contributed by atoms with Gasteiger partial charge in [-0.2, -0.15) is 0 Å². The molecule has 6 heteroatoms. The topological polar surface area (TPSA) is 59.0 Å². The Morgan fingerprint density at radius 1 is 1.13 bits per heavy atom. The fourth-order valence-corrected chi connectivity index (χ4v) is 2.60. The number of hydrogen-bond acceptors (Lipinski definition) is 4. The number of amides is 1. The molecule has 0 heterocycles. The van der Waals surface area contributed by atoms with Crippen molar-refractivity contribution < 1.29 is 19.4 Å². The van der Waals surface area contributed by atoms with Crippen LogP contribution >= 0.6 is 15.9 Å². The van der Waals surface area contributed by atoms with E-state index >= 15 is 0 Å². The fraction of sp³-hybridized carbons (Fsp3) is 0.235. The minimum atomic E-state index is -0.0800. The average Bonchev–Trinajstić information content (AvgIpc) is 2.56. The molecule has 0 bridgehead atoms. The number of carbonyl (C=O) groups excluding carboxylic acids is 1. The first-order valence-electron chi connectivity index (χ1n) is 6.92. The van der Waals surface area contributed by atoms with Gasteiger partial charge < -0.3 is 19.5 Å². The third-order valence-corrected chi connectivity index (χ3v) is 4.24. The Bertz CT molecular complexity index is 700. The van der Waals surface area contributed by atoms with E-state index in [0.717, 1.165) is 10.0 Å². The van der Waals surface area contributed by atoms with E-state index in [9.17, 15) is 9.90 Å². The van der Waals surface area contributed by atoms with Gasteiger partial charge in [-0.1, -0.05) is 15.9 Å². The van der Waals surface area contributed by atoms with Crippen molar-refractivity contribution in [3.8, 4) is 17.2 Å². The van der Waals surface area contributed by atoms with E-state index in [1.165, 1.54) is 0 Å². The number of phenolic OH excluding ortho intramolecular Hbond substituents is 1. The summed E-state index contributed by atoms with van der Waals surface area (Å²) in [6.07, 6.45) is 0.207. The molecule has 1 N–H and O–H groups in total. The molecule has 0 aliphatic carbocycles. The molecule has 1 amide bonds. The third kappa shape index (κ3) is 3.96. The van der Waals surface area contributed by atoms with Crippen LogP contribution in [0.4, 0.5) is 5.69 Å². The fourth-order valence-electron chi connectivity index (χ4n) is 2.13.